The van der Waals surface area contributed by atoms with Crippen LogP contribution in [-0.4, -0.2) is 20.2 Å². The minimum absolute atomic E-state index is 0.221. The van der Waals surface area contributed by atoms with E-state index in [1.807, 2.05) is 6.92 Å². The molecular weight excluding hydrogens is 250 g/mol. The van der Waals surface area contributed by atoms with E-state index in [1.165, 1.54) is 11.3 Å². The first-order valence-electron chi connectivity index (χ1n) is 5.26. The smallest absolute Gasteiger partial charge is 0.258 e. The highest BCUT2D eigenvalue weighted by Gasteiger charge is 2.13. The first-order valence-corrected chi connectivity index (χ1v) is 6.14. The van der Waals surface area contributed by atoms with Crippen LogP contribution in [0.4, 0.5) is 0 Å². The van der Waals surface area contributed by atoms with Gasteiger partial charge in [-0.3, -0.25) is 4.98 Å². The number of aromatic nitrogens is 3. The van der Waals surface area contributed by atoms with Gasteiger partial charge in [-0.25, -0.2) is 0 Å². The quantitative estimate of drug-likeness (QED) is 0.766. The highest BCUT2D eigenvalue weighted by Crippen LogP contribution is 2.28. The number of hydrogen-bond donors (Lipinski definition) is 1. The van der Waals surface area contributed by atoms with Crippen molar-refractivity contribution in [2.24, 2.45) is 0 Å². The van der Waals surface area contributed by atoms with E-state index in [1.54, 1.807) is 29.9 Å². The number of benzene rings is 1. The van der Waals surface area contributed by atoms with E-state index in [4.69, 9.17) is 4.52 Å². The Bertz CT molecular complexity index is 676. The van der Waals surface area contributed by atoms with Gasteiger partial charge >= 0.3 is 0 Å². The van der Waals surface area contributed by atoms with E-state index in [0.717, 1.165) is 16.0 Å². The van der Waals surface area contributed by atoms with Crippen molar-refractivity contribution in [2.45, 2.75) is 6.92 Å². The summed E-state index contributed by atoms with van der Waals surface area (Å²) >= 11 is 1.46. The van der Waals surface area contributed by atoms with Crippen LogP contribution in [0.1, 0.15) is 5.56 Å². The molecule has 0 spiro atoms. The summed E-state index contributed by atoms with van der Waals surface area (Å²) in [6.45, 7) is 1.88. The zero-order valence-electron chi connectivity index (χ0n) is 9.49. The van der Waals surface area contributed by atoms with Gasteiger partial charge in [0.15, 0.2) is 0 Å². The number of aryl methyl sites for hydroxylation is 1. The van der Waals surface area contributed by atoms with Crippen molar-refractivity contribution in [1.82, 2.24) is 15.1 Å². The van der Waals surface area contributed by atoms with Crippen LogP contribution < -0.4 is 0 Å². The standard InChI is InChI=1S/C12H9N3O2S/c1-7-4-8(16)2-3-9(7)12-14-11(15-17-12)10-5-13-6-18-10/h2-6,16H,1H3. The monoisotopic (exact) mass is 259 g/mol. The fourth-order valence-corrected chi connectivity index (χ4v) is 2.19. The molecule has 0 amide bonds. The maximum Gasteiger partial charge on any atom is 0.258 e. The lowest BCUT2D eigenvalue weighted by Gasteiger charge is -2.00. The van der Waals surface area contributed by atoms with Gasteiger partial charge in [0.1, 0.15) is 5.75 Å². The zero-order valence-corrected chi connectivity index (χ0v) is 10.3. The number of phenolic OH excluding ortho intramolecular Hbond substituents is 1. The van der Waals surface area contributed by atoms with Crippen LogP contribution in [-0.2, 0) is 0 Å². The maximum absolute atomic E-state index is 9.37. The second-order valence-electron chi connectivity index (χ2n) is 3.79. The van der Waals surface area contributed by atoms with Gasteiger partial charge in [0.2, 0.25) is 5.82 Å². The normalized spacial score (nSPS) is 10.7. The van der Waals surface area contributed by atoms with Crippen molar-refractivity contribution in [3.05, 3.63) is 35.5 Å². The molecule has 5 nitrogen and oxygen atoms in total. The van der Waals surface area contributed by atoms with Gasteiger partial charge in [-0.1, -0.05) is 5.16 Å². The Labute approximate surface area is 107 Å². The molecule has 1 aromatic carbocycles. The molecule has 0 aliphatic rings. The molecule has 0 radical (unpaired) electrons. The Morgan fingerprint density at radius 1 is 1.33 bits per heavy atom. The molecule has 90 valence electrons. The zero-order chi connectivity index (χ0) is 12.5. The summed E-state index contributed by atoms with van der Waals surface area (Å²) in [7, 11) is 0. The molecule has 0 aliphatic carbocycles. The van der Waals surface area contributed by atoms with E-state index < -0.39 is 0 Å². The molecular formula is C12H9N3O2S. The summed E-state index contributed by atoms with van der Waals surface area (Å²) in [5, 5.41) is 13.3. The number of thiazole rings is 1. The molecule has 0 aliphatic heterocycles. The molecule has 0 unspecified atom stereocenters. The molecule has 2 aromatic heterocycles. The van der Waals surface area contributed by atoms with Gasteiger partial charge in [-0.15, -0.1) is 11.3 Å². The summed E-state index contributed by atoms with van der Waals surface area (Å²) < 4.78 is 5.23. The second-order valence-corrected chi connectivity index (χ2v) is 4.67. The summed E-state index contributed by atoms with van der Waals surface area (Å²) in [6.07, 6.45) is 1.70. The minimum Gasteiger partial charge on any atom is -0.508 e. The lowest BCUT2D eigenvalue weighted by atomic mass is 10.1. The third-order valence-electron chi connectivity index (χ3n) is 2.52. The molecule has 0 saturated carbocycles. The van der Waals surface area contributed by atoms with Crippen molar-refractivity contribution >= 4 is 11.3 Å². The van der Waals surface area contributed by atoms with E-state index in [-0.39, 0.29) is 5.75 Å². The second kappa shape index (κ2) is 4.23. The number of aromatic hydroxyl groups is 1. The van der Waals surface area contributed by atoms with Gasteiger partial charge in [0.05, 0.1) is 10.4 Å². The van der Waals surface area contributed by atoms with Crippen LogP contribution >= 0.6 is 11.3 Å². The van der Waals surface area contributed by atoms with Crippen molar-refractivity contribution in [3.8, 4) is 27.9 Å². The third-order valence-corrected chi connectivity index (χ3v) is 3.29. The van der Waals surface area contributed by atoms with E-state index >= 15 is 0 Å². The van der Waals surface area contributed by atoms with Crippen LogP contribution in [0, 0.1) is 6.92 Å². The topological polar surface area (TPSA) is 72.0 Å². The van der Waals surface area contributed by atoms with Gasteiger partial charge < -0.3 is 9.63 Å². The maximum atomic E-state index is 9.37. The Balaban J connectivity index is 2.03. The molecule has 2 heterocycles. The van der Waals surface area contributed by atoms with Gasteiger partial charge in [0, 0.05) is 11.8 Å². The SMILES string of the molecule is Cc1cc(O)ccc1-c1nc(-c2cncs2)no1. The molecule has 0 atom stereocenters. The summed E-state index contributed by atoms with van der Waals surface area (Å²) in [4.78, 5) is 9.16. The summed E-state index contributed by atoms with van der Waals surface area (Å²) in [5.74, 6) is 1.19. The summed E-state index contributed by atoms with van der Waals surface area (Å²) in [5.41, 5.74) is 3.42. The lowest BCUT2D eigenvalue weighted by molar-refractivity contribution is 0.432. The minimum atomic E-state index is 0.221. The van der Waals surface area contributed by atoms with Crippen LogP contribution in [0.5, 0.6) is 5.75 Å². The van der Waals surface area contributed by atoms with Crippen molar-refractivity contribution in [2.75, 3.05) is 0 Å². The van der Waals surface area contributed by atoms with Crippen molar-refractivity contribution in [3.63, 3.8) is 0 Å². The summed E-state index contributed by atoms with van der Waals surface area (Å²) in [6, 6.07) is 5.01. The van der Waals surface area contributed by atoms with Gasteiger partial charge in [0.25, 0.3) is 5.89 Å². The first-order chi connectivity index (χ1) is 8.74. The Morgan fingerprint density at radius 3 is 2.94 bits per heavy atom. The largest absolute Gasteiger partial charge is 0.508 e. The Morgan fingerprint density at radius 2 is 2.22 bits per heavy atom. The molecule has 1 N–H and O–H groups in total. The van der Waals surface area contributed by atoms with Crippen LogP contribution in [0.3, 0.4) is 0 Å². The van der Waals surface area contributed by atoms with E-state index in [9.17, 15) is 5.11 Å². The number of nitrogens with zero attached hydrogens (tertiary/aromatic N) is 3. The fourth-order valence-electron chi connectivity index (χ4n) is 1.65. The third kappa shape index (κ3) is 1.86. The Kier molecular flexibility index (Phi) is 2.56. The van der Waals surface area contributed by atoms with E-state index in [0.29, 0.717) is 11.7 Å². The predicted molar refractivity (Wildman–Crippen MR) is 67.2 cm³/mol. The van der Waals surface area contributed by atoms with Crippen molar-refractivity contribution < 1.29 is 9.63 Å². The fraction of sp³-hybridized carbons (Fsp3) is 0.0833. The number of hydrogen-bond acceptors (Lipinski definition) is 6. The molecule has 6 heteroatoms. The molecule has 0 fully saturated rings. The number of phenols is 1. The molecule has 0 saturated heterocycles. The van der Waals surface area contributed by atoms with E-state index in [2.05, 4.69) is 15.1 Å². The average molecular weight is 259 g/mol. The number of rotatable bonds is 2. The molecule has 3 rings (SSSR count). The lowest BCUT2D eigenvalue weighted by Crippen LogP contribution is -1.83. The molecule has 18 heavy (non-hydrogen) atoms. The van der Waals surface area contributed by atoms with Crippen LogP contribution in [0.2, 0.25) is 0 Å². The van der Waals surface area contributed by atoms with Crippen LogP contribution in [0.25, 0.3) is 22.2 Å². The highest BCUT2D eigenvalue weighted by molar-refractivity contribution is 7.13. The average Bonchev–Trinajstić information content (AvgIpc) is 2.99. The first kappa shape index (κ1) is 10.9. The highest BCUT2D eigenvalue weighted by atomic mass is 32.1. The van der Waals surface area contributed by atoms with Gasteiger partial charge in [-0.2, -0.15) is 4.98 Å². The molecule has 3 aromatic rings. The van der Waals surface area contributed by atoms with Crippen LogP contribution in [0.15, 0.2) is 34.4 Å². The Hall–Kier alpha value is -2.21. The van der Waals surface area contributed by atoms with Crippen molar-refractivity contribution in [1.29, 1.82) is 0 Å². The predicted octanol–water partition coefficient (Wildman–Crippen LogP) is 2.87. The molecule has 0 bridgehead atoms. The van der Waals surface area contributed by atoms with Gasteiger partial charge in [-0.05, 0) is 30.7 Å².